The second kappa shape index (κ2) is 8.14. The molecule has 0 radical (unpaired) electrons. The van der Waals surface area contributed by atoms with E-state index in [1.54, 1.807) is 4.90 Å². The van der Waals surface area contributed by atoms with Crippen LogP contribution in [-0.2, 0) is 35.1 Å². The number of rotatable bonds is 3. The number of ether oxygens (including phenoxy) is 1. The van der Waals surface area contributed by atoms with Crippen molar-refractivity contribution in [1.29, 1.82) is 0 Å². The number of hydrogen-bond acceptors (Lipinski definition) is 6. The molecule has 3 amide bonds. The average Bonchev–Trinajstić information content (AvgIpc) is 3.54. The topological polar surface area (TPSA) is 96.8 Å². The number of carbonyl (C=O) groups excluding carboxylic acids is 3. The Balaban J connectivity index is 1.09. The summed E-state index contributed by atoms with van der Waals surface area (Å²) in [5.74, 6) is 0.00236. The highest BCUT2D eigenvalue weighted by Crippen LogP contribution is 2.49. The van der Waals surface area contributed by atoms with Crippen molar-refractivity contribution in [3.05, 3.63) is 58.8 Å². The minimum Gasteiger partial charge on any atom is -0.492 e. The number of aryl methyl sites for hydroxylation is 1. The van der Waals surface area contributed by atoms with Gasteiger partial charge in [-0.25, -0.2) is 0 Å². The van der Waals surface area contributed by atoms with Gasteiger partial charge < -0.3 is 9.64 Å². The first-order valence-electron chi connectivity index (χ1n) is 13.0. The molecule has 2 saturated heterocycles. The molecule has 1 atom stereocenters. The number of fused-ring (bicyclic) bond motifs is 5. The quantitative estimate of drug-likeness (QED) is 0.556. The molecule has 2 fully saturated rings. The van der Waals surface area contributed by atoms with Crippen LogP contribution in [0.5, 0.6) is 5.75 Å². The molecule has 1 spiro atoms. The van der Waals surface area contributed by atoms with Gasteiger partial charge in [0, 0.05) is 53.7 Å². The lowest BCUT2D eigenvalue weighted by Gasteiger charge is -2.38. The van der Waals surface area contributed by atoms with Gasteiger partial charge in [0.05, 0.1) is 18.7 Å². The highest BCUT2D eigenvalue weighted by molar-refractivity contribution is 6.05. The van der Waals surface area contributed by atoms with Crippen LogP contribution >= 0.6 is 0 Å². The van der Waals surface area contributed by atoms with Crippen LogP contribution in [0.25, 0.3) is 10.9 Å². The summed E-state index contributed by atoms with van der Waals surface area (Å²) in [6, 6.07) is 9.74. The van der Waals surface area contributed by atoms with E-state index < -0.39 is 6.04 Å². The fraction of sp³-hybridized carbons (Fsp3) is 0.429. The summed E-state index contributed by atoms with van der Waals surface area (Å²) in [7, 11) is 1.96. The summed E-state index contributed by atoms with van der Waals surface area (Å²) in [6.45, 7) is 3.77. The molecule has 4 aliphatic heterocycles. The number of aromatic nitrogens is 2. The molecule has 4 aliphatic rings. The molecular weight excluding hydrogens is 470 g/mol. The zero-order valence-electron chi connectivity index (χ0n) is 20.8. The molecule has 1 aromatic heterocycles. The van der Waals surface area contributed by atoms with Gasteiger partial charge in [-0.15, -0.1) is 0 Å². The largest absolute Gasteiger partial charge is 0.492 e. The number of likely N-dealkylation sites (tertiary alicyclic amines) is 1. The third kappa shape index (κ3) is 3.48. The van der Waals surface area contributed by atoms with E-state index in [-0.39, 0.29) is 29.6 Å². The molecule has 9 nitrogen and oxygen atoms in total. The summed E-state index contributed by atoms with van der Waals surface area (Å²) < 4.78 is 8.18. The molecule has 3 aromatic rings. The molecule has 37 heavy (non-hydrogen) atoms. The summed E-state index contributed by atoms with van der Waals surface area (Å²) in [5, 5.41) is 8.20. The van der Waals surface area contributed by atoms with E-state index in [0.29, 0.717) is 25.1 Å². The van der Waals surface area contributed by atoms with Crippen molar-refractivity contribution in [2.24, 2.45) is 7.05 Å². The van der Waals surface area contributed by atoms with Crippen molar-refractivity contribution in [3.8, 4) is 5.75 Å². The van der Waals surface area contributed by atoms with Gasteiger partial charge in [0.25, 0.3) is 5.91 Å². The lowest BCUT2D eigenvalue weighted by atomic mass is 9.74. The third-order valence-electron chi connectivity index (χ3n) is 8.67. The zero-order chi connectivity index (χ0) is 25.3. The second-order valence-electron chi connectivity index (χ2n) is 10.9. The molecule has 190 valence electrons. The summed E-state index contributed by atoms with van der Waals surface area (Å²) in [6.07, 6.45) is 4.64. The lowest BCUT2D eigenvalue weighted by molar-refractivity contribution is -0.136. The number of amides is 3. The molecule has 1 unspecified atom stereocenters. The summed E-state index contributed by atoms with van der Waals surface area (Å²) >= 11 is 0. The molecule has 0 aliphatic carbocycles. The van der Waals surface area contributed by atoms with Crippen molar-refractivity contribution >= 4 is 28.6 Å². The van der Waals surface area contributed by atoms with Crippen LogP contribution in [0.15, 0.2) is 36.5 Å². The fourth-order valence-corrected chi connectivity index (χ4v) is 6.63. The predicted molar refractivity (Wildman–Crippen MR) is 135 cm³/mol. The first-order chi connectivity index (χ1) is 17.9. The summed E-state index contributed by atoms with van der Waals surface area (Å²) in [5.41, 5.74) is 4.95. The van der Waals surface area contributed by atoms with Crippen molar-refractivity contribution in [2.45, 2.75) is 50.2 Å². The number of imide groups is 1. The maximum Gasteiger partial charge on any atom is 0.255 e. The van der Waals surface area contributed by atoms with E-state index in [0.717, 1.165) is 49.3 Å². The predicted octanol–water partition coefficient (Wildman–Crippen LogP) is 2.26. The Kier molecular flexibility index (Phi) is 4.95. The Morgan fingerprint density at radius 3 is 2.78 bits per heavy atom. The second-order valence-corrected chi connectivity index (χ2v) is 10.9. The Bertz CT molecular complexity index is 1470. The van der Waals surface area contributed by atoms with Crippen LogP contribution in [0.1, 0.15) is 52.7 Å². The standard InChI is InChI=1S/C28H29N5O4/c1-31-13-17-3-2-4-18(24(17)30-31)14-32-11-9-28(10-12-32)16-37-25-20-15-33(22-7-8-23(34)29-26(22)35)27(36)19(20)5-6-21(25)28/h2-6,13,22H,7-12,14-16H2,1H3,(H,29,34,35). The van der Waals surface area contributed by atoms with Gasteiger partial charge in [-0.1, -0.05) is 24.3 Å². The molecule has 0 bridgehead atoms. The first-order valence-corrected chi connectivity index (χ1v) is 13.0. The Hall–Kier alpha value is -3.72. The number of benzene rings is 2. The Labute approximate surface area is 214 Å². The maximum atomic E-state index is 13.2. The van der Waals surface area contributed by atoms with E-state index in [2.05, 4.69) is 45.8 Å². The molecule has 7 rings (SSSR count). The molecule has 0 saturated carbocycles. The smallest absolute Gasteiger partial charge is 0.255 e. The number of nitrogens with zero attached hydrogens (tertiary/aromatic N) is 4. The monoisotopic (exact) mass is 499 g/mol. The minimum atomic E-state index is -0.615. The van der Waals surface area contributed by atoms with Crippen molar-refractivity contribution in [2.75, 3.05) is 19.7 Å². The maximum absolute atomic E-state index is 13.2. The van der Waals surface area contributed by atoms with E-state index >= 15 is 0 Å². The highest BCUT2D eigenvalue weighted by Gasteiger charge is 2.47. The van der Waals surface area contributed by atoms with E-state index in [9.17, 15) is 14.4 Å². The average molecular weight is 500 g/mol. The van der Waals surface area contributed by atoms with E-state index in [1.807, 2.05) is 17.8 Å². The van der Waals surface area contributed by atoms with Crippen molar-refractivity contribution < 1.29 is 19.1 Å². The van der Waals surface area contributed by atoms with Crippen LogP contribution < -0.4 is 10.1 Å². The van der Waals surface area contributed by atoms with Crippen molar-refractivity contribution in [1.82, 2.24) is 24.9 Å². The first kappa shape index (κ1) is 22.5. The van der Waals surface area contributed by atoms with E-state index in [1.165, 1.54) is 16.5 Å². The van der Waals surface area contributed by atoms with Crippen LogP contribution in [0.4, 0.5) is 0 Å². The van der Waals surface area contributed by atoms with Crippen LogP contribution in [0, 0.1) is 0 Å². The summed E-state index contributed by atoms with van der Waals surface area (Å²) in [4.78, 5) is 41.3. The van der Waals surface area contributed by atoms with Gasteiger partial charge in [0.1, 0.15) is 11.8 Å². The fourth-order valence-electron chi connectivity index (χ4n) is 6.63. The third-order valence-corrected chi connectivity index (χ3v) is 8.67. The van der Waals surface area contributed by atoms with Crippen LogP contribution in [0.2, 0.25) is 0 Å². The number of carbonyl (C=O) groups is 3. The number of piperidine rings is 2. The van der Waals surface area contributed by atoms with E-state index in [4.69, 9.17) is 4.74 Å². The number of nitrogens with one attached hydrogen (secondary N) is 1. The molecule has 5 heterocycles. The Morgan fingerprint density at radius 1 is 1.14 bits per heavy atom. The Morgan fingerprint density at radius 2 is 1.97 bits per heavy atom. The van der Waals surface area contributed by atoms with Gasteiger partial charge in [-0.05, 0) is 44.0 Å². The molecule has 2 aromatic carbocycles. The minimum absolute atomic E-state index is 0.0526. The van der Waals surface area contributed by atoms with Gasteiger partial charge >= 0.3 is 0 Å². The zero-order valence-corrected chi connectivity index (χ0v) is 20.8. The lowest BCUT2D eigenvalue weighted by Crippen LogP contribution is -2.52. The van der Waals surface area contributed by atoms with Crippen LogP contribution in [0.3, 0.4) is 0 Å². The van der Waals surface area contributed by atoms with Gasteiger partial charge in [0.15, 0.2) is 0 Å². The molecular formula is C28H29N5O4. The van der Waals surface area contributed by atoms with Gasteiger partial charge in [-0.2, -0.15) is 5.10 Å². The van der Waals surface area contributed by atoms with Crippen LogP contribution in [-0.4, -0.2) is 63.0 Å². The highest BCUT2D eigenvalue weighted by atomic mass is 16.5. The van der Waals surface area contributed by atoms with Crippen molar-refractivity contribution in [3.63, 3.8) is 0 Å². The van der Waals surface area contributed by atoms with Gasteiger partial charge in [-0.3, -0.25) is 29.3 Å². The van der Waals surface area contributed by atoms with Gasteiger partial charge in [0.2, 0.25) is 11.8 Å². The molecule has 9 heteroatoms. The normalized spacial score (nSPS) is 22.9. The number of hydrogen-bond donors (Lipinski definition) is 1. The molecule has 1 N–H and O–H groups in total. The SMILES string of the molecule is Cn1cc2cccc(CN3CCC4(CC3)COc3c4ccc4c3CN(C3CCC(=O)NC3=O)C4=O)c2n1.